The van der Waals surface area contributed by atoms with Gasteiger partial charge in [0, 0.05) is 17.8 Å². The van der Waals surface area contributed by atoms with Crippen LogP contribution < -0.4 is 14.8 Å². The number of nitrogens with one attached hydrogen (secondary N) is 1. The summed E-state index contributed by atoms with van der Waals surface area (Å²) >= 11 is 2.09. The van der Waals surface area contributed by atoms with Gasteiger partial charge in [0.15, 0.2) is 11.5 Å². The van der Waals surface area contributed by atoms with E-state index in [4.69, 9.17) is 9.47 Å². The van der Waals surface area contributed by atoms with Gasteiger partial charge in [-0.05, 0) is 43.2 Å². The number of hydrogen-bond acceptors (Lipinski definition) is 4. The lowest BCUT2D eigenvalue weighted by molar-refractivity contribution is 0.354. The molecule has 0 saturated carbocycles. The number of hydrogen-bond donors (Lipinski definition) is 1. The quantitative estimate of drug-likeness (QED) is 0.867. The minimum Gasteiger partial charge on any atom is -0.493 e. The third-order valence-corrected chi connectivity index (χ3v) is 4.98. The maximum Gasteiger partial charge on any atom is 0.161 e. The molecule has 0 spiro atoms. The van der Waals surface area contributed by atoms with Gasteiger partial charge >= 0.3 is 0 Å². The second kappa shape index (κ2) is 7.06. The smallest absolute Gasteiger partial charge is 0.161 e. The molecule has 0 aliphatic carbocycles. The summed E-state index contributed by atoms with van der Waals surface area (Å²) in [5.74, 6) is 2.89. The predicted molar refractivity (Wildman–Crippen MR) is 81.4 cm³/mol. The fourth-order valence-electron chi connectivity index (χ4n) is 2.35. The summed E-state index contributed by atoms with van der Waals surface area (Å²) in [6.07, 6.45) is 2.71. The highest BCUT2D eigenvalue weighted by Gasteiger charge is 2.17. The Balaban J connectivity index is 1.95. The van der Waals surface area contributed by atoms with Crippen LogP contribution in [0.2, 0.25) is 0 Å². The van der Waals surface area contributed by atoms with E-state index < -0.39 is 0 Å². The molecular formula is C15H23NO2S. The number of ether oxygens (including phenoxy) is 2. The van der Waals surface area contributed by atoms with Crippen LogP contribution in [0, 0.1) is 0 Å². The van der Waals surface area contributed by atoms with Crippen LogP contribution in [0.15, 0.2) is 18.2 Å². The molecular weight excluding hydrogens is 258 g/mol. The first-order chi connectivity index (χ1) is 9.24. The molecule has 1 aliphatic rings. The molecule has 1 N–H and O–H groups in total. The molecule has 1 aromatic rings. The Morgan fingerprint density at radius 2 is 2.11 bits per heavy atom. The van der Waals surface area contributed by atoms with Crippen molar-refractivity contribution < 1.29 is 9.47 Å². The number of benzene rings is 1. The van der Waals surface area contributed by atoms with Gasteiger partial charge in [-0.2, -0.15) is 11.8 Å². The van der Waals surface area contributed by atoms with Crippen LogP contribution in [0.25, 0.3) is 0 Å². The summed E-state index contributed by atoms with van der Waals surface area (Å²) in [4.78, 5) is 0. The van der Waals surface area contributed by atoms with Crippen molar-refractivity contribution in [3.8, 4) is 11.5 Å². The van der Waals surface area contributed by atoms with Crippen LogP contribution in [0.4, 0.5) is 0 Å². The lowest BCUT2D eigenvalue weighted by Gasteiger charge is -2.18. The maximum absolute atomic E-state index is 5.35. The highest BCUT2D eigenvalue weighted by Crippen LogP contribution is 2.30. The largest absolute Gasteiger partial charge is 0.493 e. The van der Waals surface area contributed by atoms with Gasteiger partial charge in [0.05, 0.1) is 14.2 Å². The van der Waals surface area contributed by atoms with E-state index in [-0.39, 0.29) is 0 Å². The van der Waals surface area contributed by atoms with Crippen molar-refractivity contribution in [2.45, 2.75) is 31.1 Å². The molecule has 4 heteroatoms. The Bertz CT molecular complexity index is 405. The molecule has 3 nitrogen and oxygen atoms in total. The molecule has 0 amide bonds. The lowest BCUT2D eigenvalue weighted by Crippen LogP contribution is -2.26. The van der Waals surface area contributed by atoms with Crippen LogP contribution >= 0.6 is 11.8 Å². The Morgan fingerprint density at radius 3 is 2.74 bits per heavy atom. The van der Waals surface area contributed by atoms with Crippen molar-refractivity contribution in [1.29, 1.82) is 0 Å². The first-order valence-corrected chi connectivity index (χ1v) is 7.86. The van der Waals surface area contributed by atoms with Crippen LogP contribution in [0.3, 0.4) is 0 Å². The number of rotatable bonds is 6. The Labute approximate surface area is 120 Å². The van der Waals surface area contributed by atoms with Gasteiger partial charge in [-0.1, -0.05) is 6.07 Å². The Hall–Kier alpha value is -0.870. The standard InChI is InChI=1S/C15H23NO2S/c1-11(16-10-13-5-4-8-19-13)12-6-7-14(17-2)15(9-12)18-3/h6-7,9,11,13,16H,4-5,8,10H2,1-3H3/t11-,13+/m0/s1. The monoisotopic (exact) mass is 281 g/mol. The second-order valence-corrected chi connectivity index (χ2v) is 6.29. The molecule has 0 unspecified atom stereocenters. The summed E-state index contributed by atoms with van der Waals surface area (Å²) < 4.78 is 10.6. The highest BCUT2D eigenvalue weighted by molar-refractivity contribution is 8.00. The maximum atomic E-state index is 5.35. The van der Waals surface area contributed by atoms with Gasteiger partial charge in [-0.25, -0.2) is 0 Å². The summed E-state index contributed by atoms with van der Waals surface area (Å²) in [6.45, 7) is 3.28. The minimum atomic E-state index is 0.334. The van der Waals surface area contributed by atoms with Crippen molar-refractivity contribution in [3.63, 3.8) is 0 Å². The topological polar surface area (TPSA) is 30.5 Å². The Morgan fingerprint density at radius 1 is 1.32 bits per heavy atom. The minimum absolute atomic E-state index is 0.334. The average molecular weight is 281 g/mol. The molecule has 1 saturated heterocycles. The summed E-state index contributed by atoms with van der Waals surface area (Å²) in [5.41, 5.74) is 1.24. The molecule has 1 fully saturated rings. The van der Waals surface area contributed by atoms with Gasteiger partial charge in [0.2, 0.25) is 0 Å². The van der Waals surface area contributed by atoms with E-state index in [1.165, 1.54) is 24.2 Å². The van der Waals surface area contributed by atoms with E-state index in [0.29, 0.717) is 6.04 Å². The Kier molecular flexibility index (Phi) is 5.40. The SMILES string of the molecule is COc1ccc([C@H](C)NC[C@H]2CCCS2)cc1OC. The van der Waals surface area contributed by atoms with Gasteiger partial charge in [0.25, 0.3) is 0 Å². The van der Waals surface area contributed by atoms with Crippen molar-refractivity contribution in [2.24, 2.45) is 0 Å². The van der Waals surface area contributed by atoms with E-state index in [9.17, 15) is 0 Å². The third-order valence-electron chi connectivity index (χ3n) is 3.58. The van der Waals surface area contributed by atoms with E-state index in [0.717, 1.165) is 23.3 Å². The van der Waals surface area contributed by atoms with Crippen molar-refractivity contribution >= 4 is 11.8 Å². The molecule has 0 aromatic heterocycles. The van der Waals surface area contributed by atoms with Crippen molar-refractivity contribution in [2.75, 3.05) is 26.5 Å². The lowest BCUT2D eigenvalue weighted by atomic mass is 10.1. The fourth-order valence-corrected chi connectivity index (χ4v) is 3.57. The molecule has 0 radical (unpaired) electrons. The summed E-state index contributed by atoms with van der Waals surface area (Å²) in [6, 6.07) is 6.46. The molecule has 1 aliphatic heterocycles. The molecule has 2 rings (SSSR count). The molecule has 106 valence electrons. The van der Waals surface area contributed by atoms with Crippen molar-refractivity contribution in [1.82, 2.24) is 5.32 Å². The van der Waals surface area contributed by atoms with Gasteiger partial charge in [-0.3, -0.25) is 0 Å². The van der Waals surface area contributed by atoms with E-state index in [1.807, 2.05) is 6.07 Å². The first-order valence-electron chi connectivity index (χ1n) is 6.81. The van der Waals surface area contributed by atoms with E-state index >= 15 is 0 Å². The van der Waals surface area contributed by atoms with Crippen LogP contribution in [-0.4, -0.2) is 31.8 Å². The first kappa shape index (κ1) is 14.5. The van der Waals surface area contributed by atoms with Crippen LogP contribution in [0.1, 0.15) is 31.4 Å². The van der Waals surface area contributed by atoms with Gasteiger partial charge in [0.1, 0.15) is 0 Å². The fraction of sp³-hybridized carbons (Fsp3) is 0.600. The predicted octanol–water partition coefficient (Wildman–Crippen LogP) is 3.25. The summed E-state index contributed by atoms with van der Waals surface area (Å²) in [5, 5.41) is 4.39. The molecule has 1 heterocycles. The third kappa shape index (κ3) is 3.80. The van der Waals surface area contributed by atoms with Crippen LogP contribution in [0.5, 0.6) is 11.5 Å². The van der Waals surface area contributed by atoms with E-state index in [1.54, 1.807) is 14.2 Å². The normalized spacial score (nSPS) is 20.3. The second-order valence-electron chi connectivity index (χ2n) is 4.88. The zero-order chi connectivity index (χ0) is 13.7. The number of methoxy groups -OCH3 is 2. The van der Waals surface area contributed by atoms with Gasteiger partial charge in [-0.15, -0.1) is 0 Å². The molecule has 2 atom stereocenters. The molecule has 0 bridgehead atoms. The van der Waals surface area contributed by atoms with E-state index in [2.05, 4.69) is 36.1 Å². The molecule has 1 aromatic carbocycles. The highest BCUT2D eigenvalue weighted by atomic mass is 32.2. The van der Waals surface area contributed by atoms with Crippen LogP contribution in [-0.2, 0) is 0 Å². The summed E-state index contributed by atoms with van der Waals surface area (Å²) in [7, 11) is 3.34. The molecule has 19 heavy (non-hydrogen) atoms. The van der Waals surface area contributed by atoms with Gasteiger partial charge < -0.3 is 14.8 Å². The number of thioether (sulfide) groups is 1. The zero-order valence-corrected chi connectivity index (χ0v) is 12.8. The average Bonchev–Trinajstić information content (AvgIpc) is 2.97. The van der Waals surface area contributed by atoms with Crippen molar-refractivity contribution in [3.05, 3.63) is 23.8 Å². The zero-order valence-electron chi connectivity index (χ0n) is 11.9.